The van der Waals surface area contributed by atoms with Gasteiger partial charge in [-0.15, -0.1) is 22.7 Å². The normalized spacial score (nSPS) is 11.7. The molecule has 0 unspecified atom stereocenters. The zero-order chi connectivity index (χ0) is 13.9. The van der Waals surface area contributed by atoms with Gasteiger partial charge in [-0.2, -0.15) is 0 Å². The van der Waals surface area contributed by atoms with Crippen LogP contribution in [-0.4, -0.2) is 9.38 Å². The Balaban J connectivity index is 2.10. The maximum absolute atomic E-state index is 6.32. The number of rotatable bonds is 1. The molecular weight excluding hydrogens is 286 g/mol. The Morgan fingerprint density at radius 3 is 2.85 bits per heavy atom. The van der Waals surface area contributed by atoms with Gasteiger partial charge in [0, 0.05) is 31.6 Å². The number of imidazole rings is 1. The first-order chi connectivity index (χ1) is 9.65. The molecule has 0 aliphatic rings. The van der Waals surface area contributed by atoms with E-state index in [0.717, 1.165) is 16.9 Å². The smallest absolute Gasteiger partial charge is 0.147 e. The lowest BCUT2D eigenvalue weighted by Crippen LogP contribution is -1.93. The zero-order valence-electron chi connectivity index (χ0n) is 11.2. The van der Waals surface area contributed by atoms with Crippen LogP contribution in [0.1, 0.15) is 9.75 Å². The number of thiophene rings is 2. The number of hydrogen-bond acceptors (Lipinski definition) is 4. The fraction of sp³-hybridized carbons (Fsp3) is 0.133. The van der Waals surface area contributed by atoms with Gasteiger partial charge in [-0.3, -0.25) is 4.40 Å². The zero-order valence-corrected chi connectivity index (χ0v) is 12.8. The second-order valence-electron chi connectivity index (χ2n) is 4.88. The summed E-state index contributed by atoms with van der Waals surface area (Å²) in [5, 5.41) is 3.26. The number of hydrogen-bond donors (Lipinski definition) is 1. The SMILES string of the molecule is Cc1cc(-c2nc3c4ccsc4ccn3c2N)c(C)s1. The molecule has 4 aromatic heterocycles. The number of nitrogen functional groups attached to an aromatic ring is 1. The monoisotopic (exact) mass is 299 g/mol. The van der Waals surface area contributed by atoms with Crippen molar-refractivity contribution in [3.05, 3.63) is 39.5 Å². The van der Waals surface area contributed by atoms with Crippen molar-refractivity contribution in [2.45, 2.75) is 13.8 Å². The Hall–Kier alpha value is -1.85. The van der Waals surface area contributed by atoms with Gasteiger partial charge in [-0.1, -0.05) is 0 Å². The van der Waals surface area contributed by atoms with Crippen molar-refractivity contribution in [1.29, 1.82) is 0 Å². The molecule has 0 saturated carbocycles. The van der Waals surface area contributed by atoms with E-state index in [1.807, 2.05) is 10.6 Å². The van der Waals surface area contributed by atoms with Crippen LogP contribution in [0.3, 0.4) is 0 Å². The molecule has 0 bridgehead atoms. The van der Waals surface area contributed by atoms with E-state index in [9.17, 15) is 0 Å². The van der Waals surface area contributed by atoms with Crippen molar-refractivity contribution in [3.8, 4) is 11.3 Å². The number of nitrogens with two attached hydrogens (primary N) is 1. The maximum atomic E-state index is 6.32. The minimum absolute atomic E-state index is 0.717. The predicted molar refractivity (Wildman–Crippen MR) is 87.8 cm³/mol. The molecule has 0 aliphatic carbocycles. The molecular formula is C15H13N3S2. The highest BCUT2D eigenvalue weighted by molar-refractivity contribution is 7.17. The molecule has 0 atom stereocenters. The van der Waals surface area contributed by atoms with Crippen LogP contribution in [-0.2, 0) is 0 Å². The van der Waals surface area contributed by atoms with Crippen molar-refractivity contribution >= 4 is 44.2 Å². The quantitative estimate of drug-likeness (QED) is 0.563. The van der Waals surface area contributed by atoms with E-state index < -0.39 is 0 Å². The topological polar surface area (TPSA) is 43.3 Å². The van der Waals surface area contributed by atoms with Crippen molar-refractivity contribution in [2.75, 3.05) is 5.73 Å². The summed E-state index contributed by atoms with van der Waals surface area (Å²) in [5.74, 6) is 0.717. The van der Waals surface area contributed by atoms with Gasteiger partial charge in [0.1, 0.15) is 17.2 Å². The fourth-order valence-corrected chi connectivity index (χ4v) is 4.33. The van der Waals surface area contributed by atoms with Crippen LogP contribution in [0, 0.1) is 13.8 Å². The first-order valence-corrected chi connectivity index (χ1v) is 8.06. The largest absolute Gasteiger partial charge is 0.383 e. The first-order valence-electron chi connectivity index (χ1n) is 6.36. The predicted octanol–water partition coefficient (Wildman–Crippen LogP) is 4.48. The van der Waals surface area contributed by atoms with E-state index >= 15 is 0 Å². The number of aryl methyl sites for hydroxylation is 2. The first kappa shape index (κ1) is 11.9. The molecule has 5 heteroatoms. The third-order valence-electron chi connectivity index (χ3n) is 3.56. The fourth-order valence-electron chi connectivity index (χ4n) is 2.63. The highest BCUT2D eigenvalue weighted by Crippen LogP contribution is 2.36. The molecule has 0 radical (unpaired) electrons. The average Bonchev–Trinajstić information content (AvgIpc) is 3.07. The Labute approximate surface area is 124 Å². The summed E-state index contributed by atoms with van der Waals surface area (Å²) in [6.45, 7) is 4.24. The highest BCUT2D eigenvalue weighted by atomic mass is 32.1. The van der Waals surface area contributed by atoms with Crippen LogP contribution in [0.25, 0.3) is 27.0 Å². The lowest BCUT2D eigenvalue weighted by Gasteiger charge is -1.98. The third kappa shape index (κ3) is 1.53. The molecule has 0 aromatic carbocycles. The number of nitrogens with zero attached hydrogens (tertiary/aromatic N) is 2. The molecule has 100 valence electrons. The number of pyridine rings is 1. The molecule has 20 heavy (non-hydrogen) atoms. The Kier molecular flexibility index (Phi) is 2.43. The molecule has 0 amide bonds. The summed E-state index contributed by atoms with van der Waals surface area (Å²) in [7, 11) is 0. The molecule has 4 heterocycles. The van der Waals surface area contributed by atoms with E-state index in [1.165, 1.54) is 19.8 Å². The Bertz CT molecular complexity index is 943. The minimum Gasteiger partial charge on any atom is -0.383 e. The summed E-state index contributed by atoms with van der Waals surface area (Å²) in [6.07, 6.45) is 2.01. The van der Waals surface area contributed by atoms with Crippen LogP contribution in [0.15, 0.2) is 29.8 Å². The van der Waals surface area contributed by atoms with Gasteiger partial charge in [0.25, 0.3) is 0 Å². The lowest BCUT2D eigenvalue weighted by molar-refractivity contribution is 1.21. The number of aromatic nitrogens is 2. The van der Waals surface area contributed by atoms with E-state index in [2.05, 4.69) is 37.4 Å². The Morgan fingerprint density at radius 1 is 1.25 bits per heavy atom. The average molecular weight is 299 g/mol. The van der Waals surface area contributed by atoms with Gasteiger partial charge in [0.2, 0.25) is 0 Å². The second kappa shape index (κ2) is 4.07. The van der Waals surface area contributed by atoms with Gasteiger partial charge in [-0.25, -0.2) is 4.98 Å². The van der Waals surface area contributed by atoms with Gasteiger partial charge < -0.3 is 5.73 Å². The molecule has 4 aromatic rings. The van der Waals surface area contributed by atoms with Gasteiger partial charge >= 0.3 is 0 Å². The summed E-state index contributed by atoms with van der Waals surface area (Å²) in [5.41, 5.74) is 9.31. The van der Waals surface area contributed by atoms with Crippen molar-refractivity contribution < 1.29 is 0 Å². The molecule has 3 nitrogen and oxygen atoms in total. The van der Waals surface area contributed by atoms with Gasteiger partial charge in [0.05, 0.1) is 0 Å². The Morgan fingerprint density at radius 2 is 2.10 bits per heavy atom. The highest BCUT2D eigenvalue weighted by Gasteiger charge is 2.16. The van der Waals surface area contributed by atoms with Crippen LogP contribution in [0.2, 0.25) is 0 Å². The standard InChI is InChI=1S/C15H13N3S2/c1-8-7-11(9(2)20-8)13-14(16)18-5-3-12-10(4-6-19-12)15(18)17-13/h3-7H,16H2,1-2H3. The summed E-state index contributed by atoms with van der Waals surface area (Å²) < 4.78 is 3.23. The van der Waals surface area contributed by atoms with Crippen LogP contribution in [0.4, 0.5) is 5.82 Å². The van der Waals surface area contributed by atoms with Crippen LogP contribution >= 0.6 is 22.7 Å². The van der Waals surface area contributed by atoms with E-state index in [4.69, 9.17) is 10.7 Å². The molecule has 4 rings (SSSR count). The number of fused-ring (bicyclic) bond motifs is 3. The molecule has 0 fully saturated rings. The van der Waals surface area contributed by atoms with E-state index in [-0.39, 0.29) is 0 Å². The van der Waals surface area contributed by atoms with Gasteiger partial charge in [0.15, 0.2) is 0 Å². The molecule has 2 N–H and O–H groups in total. The molecule has 0 aliphatic heterocycles. The van der Waals surface area contributed by atoms with Crippen molar-refractivity contribution in [3.63, 3.8) is 0 Å². The summed E-state index contributed by atoms with van der Waals surface area (Å²) in [4.78, 5) is 7.36. The van der Waals surface area contributed by atoms with Crippen molar-refractivity contribution in [2.24, 2.45) is 0 Å². The van der Waals surface area contributed by atoms with E-state index in [0.29, 0.717) is 5.82 Å². The summed E-state index contributed by atoms with van der Waals surface area (Å²) >= 11 is 3.51. The molecule has 0 spiro atoms. The number of anilines is 1. The van der Waals surface area contributed by atoms with Crippen LogP contribution < -0.4 is 5.73 Å². The third-order valence-corrected chi connectivity index (χ3v) is 5.40. The van der Waals surface area contributed by atoms with Crippen LogP contribution in [0.5, 0.6) is 0 Å². The molecule has 0 saturated heterocycles. The van der Waals surface area contributed by atoms with Crippen molar-refractivity contribution in [1.82, 2.24) is 9.38 Å². The van der Waals surface area contributed by atoms with E-state index in [1.54, 1.807) is 22.7 Å². The lowest BCUT2D eigenvalue weighted by atomic mass is 10.2. The minimum atomic E-state index is 0.717. The maximum Gasteiger partial charge on any atom is 0.147 e. The van der Waals surface area contributed by atoms with Gasteiger partial charge in [-0.05, 0) is 37.4 Å². The summed E-state index contributed by atoms with van der Waals surface area (Å²) in [6, 6.07) is 6.38. The second-order valence-corrected chi connectivity index (χ2v) is 7.29.